The van der Waals surface area contributed by atoms with Crippen molar-refractivity contribution in [1.82, 2.24) is 19.7 Å². The number of H-pyrrole nitrogens is 1. The van der Waals surface area contributed by atoms with E-state index >= 15 is 0 Å². The minimum Gasteiger partial charge on any atom is -0.477 e. The highest BCUT2D eigenvalue weighted by atomic mass is 16.5. The van der Waals surface area contributed by atoms with E-state index in [2.05, 4.69) is 10.1 Å². The van der Waals surface area contributed by atoms with Crippen molar-refractivity contribution in [1.29, 1.82) is 0 Å². The van der Waals surface area contributed by atoms with Gasteiger partial charge in [0.05, 0.1) is 0 Å². The molecule has 2 heterocycles. The Labute approximate surface area is 98.7 Å². The number of aromatic nitrogens is 4. The zero-order valence-electron chi connectivity index (χ0n) is 8.99. The first-order valence-corrected chi connectivity index (χ1v) is 4.90. The number of hydrogen-bond donors (Lipinski definition) is 2. The van der Waals surface area contributed by atoms with Crippen LogP contribution in [-0.2, 0) is 13.0 Å². The van der Waals surface area contributed by atoms with Crippen LogP contribution in [0, 0.1) is 0 Å². The highest BCUT2D eigenvalue weighted by molar-refractivity contribution is 5.86. The summed E-state index contributed by atoms with van der Waals surface area (Å²) in [5.41, 5.74) is -2.12. The number of hydrogen-bond acceptors (Lipinski definition) is 6. The van der Waals surface area contributed by atoms with Crippen molar-refractivity contribution in [3.05, 3.63) is 44.8 Å². The van der Waals surface area contributed by atoms with E-state index in [1.807, 2.05) is 4.98 Å². The molecule has 0 radical (unpaired) electrons. The van der Waals surface area contributed by atoms with E-state index in [4.69, 9.17) is 9.63 Å². The van der Waals surface area contributed by atoms with E-state index in [0.29, 0.717) is 5.89 Å². The standard InChI is InChI=1S/C9H8N4O5/c14-7-5(8(15)16)3-13(9(17)12-7)2-1-6-10-4-11-18-6/h3-4H,1-2H2,(H,15,16)(H,12,14,17). The topological polar surface area (TPSA) is 131 Å². The lowest BCUT2D eigenvalue weighted by Gasteiger charge is -2.03. The van der Waals surface area contributed by atoms with Crippen molar-refractivity contribution < 1.29 is 14.4 Å². The van der Waals surface area contributed by atoms with Crippen molar-refractivity contribution in [2.24, 2.45) is 0 Å². The fourth-order valence-electron chi connectivity index (χ4n) is 1.35. The molecular formula is C9H8N4O5. The van der Waals surface area contributed by atoms with Crippen LogP contribution < -0.4 is 11.2 Å². The molecule has 0 atom stereocenters. The molecule has 0 saturated heterocycles. The van der Waals surface area contributed by atoms with Crippen LogP contribution in [0.1, 0.15) is 16.2 Å². The summed E-state index contributed by atoms with van der Waals surface area (Å²) in [7, 11) is 0. The largest absolute Gasteiger partial charge is 0.477 e. The predicted molar refractivity (Wildman–Crippen MR) is 56.3 cm³/mol. The molecule has 9 nitrogen and oxygen atoms in total. The van der Waals surface area contributed by atoms with Gasteiger partial charge in [-0.25, -0.2) is 9.59 Å². The lowest BCUT2D eigenvalue weighted by Crippen LogP contribution is -2.33. The Bertz CT molecular complexity index is 669. The fourth-order valence-corrected chi connectivity index (χ4v) is 1.35. The lowest BCUT2D eigenvalue weighted by molar-refractivity contribution is 0.0693. The molecule has 2 aromatic rings. The van der Waals surface area contributed by atoms with E-state index < -0.39 is 22.8 Å². The third-order valence-corrected chi connectivity index (χ3v) is 2.21. The Morgan fingerprint density at radius 1 is 1.50 bits per heavy atom. The third kappa shape index (κ3) is 2.34. The number of nitrogens with one attached hydrogen (secondary N) is 1. The van der Waals surface area contributed by atoms with Crippen LogP contribution in [0.3, 0.4) is 0 Å². The van der Waals surface area contributed by atoms with Gasteiger partial charge in [-0.05, 0) is 0 Å². The Balaban J connectivity index is 2.28. The molecule has 94 valence electrons. The lowest BCUT2D eigenvalue weighted by atomic mass is 10.3. The molecule has 0 bridgehead atoms. The van der Waals surface area contributed by atoms with Gasteiger partial charge in [-0.15, -0.1) is 0 Å². The second-order valence-electron chi connectivity index (χ2n) is 3.39. The van der Waals surface area contributed by atoms with Crippen LogP contribution in [0.4, 0.5) is 0 Å². The van der Waals surface area contributed by atoms with Gasteiger partial charge >= 0.3 is 11.7 Å². The van der Waals surface area contributed by atoms with E-state index in [0.717, 1.165) is 10.8 Å². The first kappa shape index (κ1) is 11.8. The Morgan fingerprint density at radius 2 is 2.28 bits per heavy atom. The molecule has 0 aliphatic rings. The van der Waals surface area contributed by atoms with Crippen molar-refractivity contribution in [3.63, 3.8) is 0 Å². The first-order chi connectivity index (χ1) is 8.58. The average Bonchev–Trinajstić information content (AvgIpc) is 2.80. The number of carboxylic acids is 1. The van der Waals surface area contributed by atoms with Crippen molar-refractivity contribution >= 4 is 5.97 Å². The molecule has 0 fully saturated rings. The van der Waals surface area contributed by atoms with Gasteiger partial charge in [0, 0.05) is 19.2 Å². The summed E-state index contributed by atoms with van der Waals surface area (Å²) >= 11 is 0. The summed E-state index contributed by atoms with van der Waals surface area (Å²) in [6.45, 7) is 0.123. The van der Waals surface area contributed by atoms with Crippen LogP contribution >= 0.6 is 0 Å². The monoisotopic (exact) mass is 252 g/mol. The molecule has 0 aliphatic heterocycles. The van der Waals surface area contributed by atoms with Crippen LogP contribution in [0.2, 0.25) is 0 Å². The van der Waals surface area contributed by atoms with Crippen molar-refractivity contribution in [2.45, 2.75) is 13.0 Å². The number of rotatable bonds is 4. The molecule has 0 aliphatic carbocycles. The molecule has 2 rings (SSSR count). The highest BCUT2D eigenvalue weighted by Crippen LogP contribution is 1.95. The molecule has 2 N–H and O–H groups in total. The van der Waals surface area contributed by atoms with E-state index in [1.54, 1.807) is 0 Å². The van der Waals surface area contributed by atoms with Crippen LogP contribution in [0.5, 0.6) is 0 Å². The zero-order valence-corrected chi connectivity index (χ0v) is 8.99. The number of aryl methyl sites for hydroxylation is 2. The maximum absolute atomic E-state index is 11.4. The van der Waals surface area contributed by atoms with E-state index in [9.17, 15) is 14.4 Å². The highest BCUT2D eigenvalue weighted by Gasteiger charge is 2.11. The maximum atomic E-state index is 11.4. The van der Waals surface area contributed by atoms with Gasteiger partial charge < -0.3 is 9.63 Å². The molecule has 0 unspecified atom stereocenters. The van der Waals surface area contributed by atoms with Gasteiger partial charge in [0.15, 0.2) is 6.33 Å². The SMILES string of the molecule is O=C(O)c1cn(CCc2ncno2)c(=O)[nH]c1=O. The van der Waals surface area contributed by atoms with Gasteiger partial charge in [-0.3, -0.25) is 14.3 Å². The Morgan fingerprint density at radius 3 is 2.89 bits per heavy atom. The summed E-state index contributed by atoms with van der Waals surface area (Å²) in [6.07, 6.45) is 2.46. The quantitative estimate of drug-likeness (QED) is 0.702. The molecule has 2 aromatic heterocycles. The average molecular weight is 252 g/mol. The van der Waals surface area contributed by atoms with Crippen LogP contribution in [0.25, 0.3) is 0 Å². The molecule has 0 spiro atoms. The van der Waals surface area contributed by atoms with Crippen LogP contribution in [0.15, 0.2) is 26.6 Å². The summed E-state index contributed by atoms with van der Waals surface area (Å²) in [6, 6.07) is 0. The maximum Gasteiger partial charge on any atom is 0.342 e. The Hall–Kier alpha value is -2.71. The van der Waals surface area contributed by atoms with Gasteiger partial charge in [-0.2, -0.15) is 4.98 Å². The number of carbonyl (C=O) groups is 1. The zero-order chi connectivity index (χ0) is 13.1. The van der Waals surface area contributed by atoms with Gasteiger partial charge in [0.2, 0.25) is 5.89 Å². The minimum atomic E-state index is -1.40. The minimum absolute atomic E-state index is 0.123. The molecule has 18 heavy (non-hydrogen) atoms. The van der Waals surface area contributed by atoms with Gasteiger partial charge in [0.25, 0.3) is 5.56 Å². The molecular weight excluding hydrogens is 244 g/mol. The predicted octanol–water partition coefficient (Wildman–Crippen LogP) is -1.14. The van der Waals surface area contributed by atoms with E-state index in [1.165, 1.54) is 6.33 Å². The van der Waals surface area contributed by atoms with Gasteiger partial charge in [0.1, 0.15) is 5.56 Å². The summed E-state index contributed by atoms with van der Waals surface area (Å²) < 4.78 is 5.80. The number of aromatic carboxylic acids is 1. The second kappa shape index (κ2) is 4.65. The second-order valence-corrected chi connectivity index (χ2v) is 3.39. The first-order valence-electron chi connectivity index (χ1n) is 4.90. The van der Waals surface area contributed by atoms with Crippen LogP contribution in [-0.4, -0.2) is 30.8 Å². The number of nitrogens with zero attached hydrogens (tertiary/aromatic N) is 3. The molecule has 9 heteroatoms. The van der Waals surface area contributed by atoms with Crippen molar-refractivity contribution in [3.8, 4) is 0 Å². The summed E-state index contributed by atoms with van der Waals surface area (Å²) in [5.74, 6) is -1.09. The van der Waals surface area contributed by atoms with Gasteiger partial charge in [-0.1, -0.05) is 5.16 Å². The normalized spacial score (nSPS) is 10.4. The fraction of sp³-hybridized carbons (Fsp3) is 0.222. The molecule has 0 aromatic carbocycles. The number of aromatic amines is 1. The third-order valence-electron chi connectivity index (χ3n) is 2.21. The van der Waals surface area contributed by atoms with E-state index in [-0.39, 0.29) is 13.0 Å². The summed E-state index contributed by atoms with van der Waals surface area (Å²) in [4.78, 5) is 39.0. The summed E-state index contributed by atoms with van der Waals surface area (Å²) in [5, 5.41) is 12.1. The van der Waals surface area contributed by atoms with Crippen molar-refractivity contribution in [2.75, 3.05) is 0 Å². The molecule has 0 saturated carbocycles. The smallest absolute Gasteiger partial charge is 0.342 e. The molecule has 0 amide bonds. The Kier molecular flexibility index (Phi) is 3.04. The number of carboxylic acid groups (broad SMARTS) is 1.